The van der Waals surface area contributed by atoms with Gasteiger partial charge in [0.1, 0.15) is 5.69 Å². The third-order valence-electron chi connectivity index (χ3n) is 3.34. The van der Waals surface area contributed by atoms with E-state index in [0.717, 1.165) is 5.56 Å². The van der Waals surface area contributed by atoms with Gasteiger partial charge in [0.25, 0.3) is 5.91 Å². The zero-order valence-electron chi connectivity index (χ0n) is 11.3. The molecule has 7 heteroatoms. The second kappa shape index (κ2) is 5.76. The molecule has 0 saturated carbocycles. The van der Waals surface area contributed by atoms with Gasteiger partial charge in [0.05, 0.1) is 10.0 Å². The van der Waals surface area contributed by atoms with Crippen molar-refractivity contribution in [3.63, 3.8) is 0 Å². The van der Waals surface area contributed by atoms with Crippen LogP contribution in [0.2, 0.25) is 0 Å². The molecule has 0 fully saturated rings. The number of H-pyrrole nitrogens is 1. The molecule has 1 amide bonds. The Hall–Kier alpha value is -2.41. The number of pyridine rings is 1. The molecule has 112 valence electrons. The molecule has 1 aromatic heterocycles. The normalized spacial score (nSPS) is 16.6. The Balaban J connectivity index is 1.81. The number of hydrogen-bond acceptors (Lipinski definition) is 4. The highest BCUT2D eigenvalue weighted by molar-refractivity contribution is 9.10. The van der Waals surface area contributed by atoms with Gasteiger partial charge in [-0.2, -0.15) is 0 Å². The Labute approximate surface area is 133 Å². The summed E-state index contributed by atoms with van der Waals surface area (Å²) in [7, 11) is 0. The van der Waals surface area contributed by atoms with Crippen LogP contribution in [0.5, 0.6) is 0 Å². The lowest BCUT2D eigenvalue weighted by molar-refractivity contribution is -0.125. The van der Waals surface area contributed by atoms with E-state index in [1.165, 1.54) is 12.4 Å². The Morgan fingerprint density at radius 1 is 1.27 bits per heavy atom. The Kier molecular flexibility index (Phi) is 3.81. The molecule has 0 unspecified atom stereocenters. The molecule has 2 heterocycles. The van der Waals surface area contributed by atoms with E-state index in [9.17, 15) is 14.4 Å². The lowest BCUT2D eigenvalue weighted by Gasteiger charge is -2.23. The monoisotopic (exact) mass is 362 g/mol. The van der Waals surface area contributed by atoms with Crippen LogP contribution in [-0.2, 0) is 16.0 Å². The number of nitrogens with one attached hydrogen (secondary N) is 2. The molecule has 1 atom stereocenters. The zero-order chi connectivity index (χ0) is 15.7. The van der Waals surface area contributed by atoms with E-state index in [1.807, 2.05) is 0 Å². The number of esters is 1. The van der Waals surface area contributed by atoms with Crippen molar-refractivity contribution in [1.82, 2.24) is 4.98 Å². The van der Waals surface area contributed by atoms with Crippen LogP contribution in [0.4, 0.5) is 5.69 Å². The van der Waals surface area contributed by atoms with Gasteiger partial charge in [0.2, 0.25) is 5.43 Å². The number of carbonyl (C=O) groups is 2. The van der Waals surface area contributed by atoms with Gasteiger partial charge in [0.15, 0.2) is 6.10 Å². The van der Waals surface area contributed by atoms with Gasteiger partial charge in [-0.05, 0) is 27.6 Å². The zero-order valence-corrected chi connectivity index (χ0v) is 12.8. The van der Waals surface area contributed by atoms with Crippen molar-refractivity contribution in [3.05, 3.63) is 62.5 Å². The second-order valence-electron chi connectivity index (χ2n) is 4.79. The first-order valence-corrected chi connectivity index (χ1v) is 7.32. The molecule has 1 aromatic carbocycles. The lowest BCUT2D eigenvalue weighted by atomic mass is 9.98. The van der Waals surface area contributed by atoms with Gasteiger partial charge in [0, 0.05) is 18.8 Å². The molecule has 22 heavy (non-hydrogen) atoms. The number of aromatic nitrogens is 1. The van der Waals surface area contributed by atoms with Crippen molar-refractivity contribution in [2.24, 2.45) is 0 Å². The minimum Gasteiger partial charge on any atom is -0.448 e. The van der Waals surface area contributed by atoms with Crippen LogP contribution in [0.15, 0.2) is 45.9 Å². The van der Waals surface area contributed by atoms with Gasteiger partial charge < -0.3 is 15.0 Å². The van der Waals surface area contributed by atoms with E-state index in [1.54, 1.807) is 24.3 Å². The van der Waals surface area contributed by atoms with Crippen molar-refractivity contribution >= 4 is 33.5 Å². The van der Waals surface area contributed by atoms with Crippen LogP contribution < -0.4 is 10.7 Å². The van der Waals surface area contributed by atoms with Crippen LogP contribution in [0.3, 0.4) is 0 Å². The largest absolute Gasteiger partial charge is 0.448 e. The third-order valence-corrected chi connectivity index (χ3v) is 3.93. The number of amides is 1. The maximum atomic E-state index is 12.2. The number of fused-ring (bicyclic) bond motifs is 1. The molecular formula is C15H11BrN2O4. The number of ether oxygens (including phenoxy) is 1. The summed E-state index contributed by atoms with van der Waals surface area (Å²) in [6.07, 6.45) is 2.17. The van der Waals surface area contributed by atoms with E-state index in [2.05, 4.69) is 26.2 Å². The average molecular weight is 363 g/mol. The van der Waals surface area contributed by atoms with Gasteiger partial charge in [-0.15, -0.1) is 0 Å². The fraction of sp³-hybridized carbons (Fsp3) is 0.133. The fourth-order valence-corrected chi connectivity index (χ4v) is 2.59. The first kappa shape index (κ1) is 14.5. The summed E-state index contributed by atoms with van der Waals surface area (Å²) in [6.45, 7) is 0. The standard InChI is InChI=1S/C15H11BrN2O4/c16-10-6-17-7-11(13(10)19)18-14(20)12-5-8-3-1-2-4-9(8)15(21)22-12/h1-4,6-7,12H,5H2,(H,17,19)(H,18,20)/t12-/m1/s1. The number of carbonyl (C=O) groups excluding carboxylic acids is 2. The van der Waals surface area contributed by atoms with Gasteiger partial charge in [-0.25, -0.2) is 4.79 Å². The number of hydrogen-bond donors (Lipinski definition) is 2. The maximum Gasteiger partial charge on any atom is 0.339 e. The molecule has 0 saturated heterocycles. The minimum absolute atomic E-state index is 0.0919. The molecular weight excluding hydrogens is 352 g/mol. The van der Waals surface area contributed by atoms with Crippen LogP contribution in [0, 0.1) is 0 Å². The van der Waals surface area contributed by atoms with E-state index in [-0.39, 0.29) is 17.5 Å². The number of anilines is 1. The summed E-state index contributed by atoms with van der Waals surface area (Å²) in [5, 5.41) is 2.48. The average Bonchev–Trinajstić information content (AvgIpc) is 2.52. The molecule has 1 aliphatic rings. The molecule has 0 spiro atoms. The Morgan fingerprint density at radius 3 is 2.86 bits per heavy atom. The van der Waals surface area contributed by atoms with Crippen molar-refractivity contribution in [3.8, 4) is 0 Å². The van der Waals surface area contributed by atoms with Crippen molar-refractivity contribution in [1.29, 1.82) is 0 Å². The molecule has 3 rings (SSSR count). The van der Waals surface area contributed by atoms with Gasteiger partial charge in [-0.1, -0.05) is 18.2 Å². The van der Waals surface area contributed by atoms with Crippen LogP contribution in [-0.4, -0.2) is 23.0 Å². The van der Waals surface area contributed by atoms with E-state index >= 15 is 0 Å². The van der Waals surface area contributed by atoms with Crippen molar-refractivity contribution in [2.75, 3.05) is 5.32 Å². The molecule has 0 radical (unpaired) electrons. The summed E-state index contributed by atoms with van der Waals surface area (Å²) < 4.78 is 5.44. The summed E-state index contributed by atoms with van der Waals surface area (Å²) in [6, 6.07) is 6.97. The van der Waals surface area contributed by atoms with Crippen molar-refractivity contribution < 1.29 is 14.3 Å². The summed E-state index contributed by atoms with van der Waals surface area (Å²) in [5.74, 6) is -1.07. The highest BCUT2D eigenvalue weighted by atomic mass is 79.9. The van der Waals surface area contributed by atoms with Crippen molar-refractivity contribution in [2.45, 2.75) is 12.5 Å². The van der Waals surface area contributed by atoms with Crippen LogP contribution in [0.1, 0.15) is 15.9 Å². The molecule has 2 N–H and O–H groups in total. The summed E-state index contributed by atoms with van der Waals surface area (Å²) in [5.41, 5.74) is 0.956. The number of cyclic esters (lactones) is 1. The van der Waals surface area contributed by atoms with Gasteiger partial charge in [-0.3, -0.25) is 9.59 Å². The topological polar surface area (TPSA) is 88.3 Å². The highest BCUT2D eigenvalue weighted by Crippen LogP contribution is 2.21. The van der Waals surface area contributed by atoms with Crippen LogP contribution in [0.25, 0.3) is 0 Å². The van der Waals surface area contributed by atoms with E-state index < -0.39 is 18.0 Å². The Morgan fingerprint density at radius 2 is 2.05 bits per heavy atom. The predicted molar refractivity (Wildman–Crippen MR) is 82.7 cm³/mol. The van der Waals surface area contributed by atoms with Crippen LogP contribution >= 0.6 is 15.9 Å². The smallest absolute Gasteiger partial charge is 0.339 e. The maximum absolute atomic E-state index is 12.2. The first-order valence-electron chi connectivity index (χ1n) is 6.52. The number of rotatable bonds is 2. The van der Waals surface area contributed by atoms with Gasteiger partial charge >= 0.3 is 5.97 Å². The number of aromatic amines is 1. The first-order chi connectivity index (χ1) is 10.6. The molecule has 2 aromatic rings. The molecule has 0 aliphatic carbocycles. The quantitative estimate of drug-likeness (QED) is 0.798. The Bertz CT molecular complexity index is 815. The number of benzene rings is 1. The molecule has 1 aliphatic heterocycles. The molecule has 0 bridgehead atoms. The highest BCUT2D eigenvalue weighted by Gasteiger charge is 2.31. The SMILES string of the molecule is O=C1O[C@@H](C(=O)Nc2c[nH]cc(Br)c2=O)Cc2ccccc21. The summed E-state index contributed by atoms with van der Waals surface area (Å²) in [4.78, 5) is 38.7. The molecule has 6 nitrogen and oxygen atoms in total. The predicted octanol–water partition coefficient (Wildman–Crippen LogP) is 1.86. The fourth-order valence-electron chi connectivity index (χ4n) is 2.24. The lowest BCUT2D eigenvalue weighted by Crippen LogP contribution is -2.38. The summed E-state index contributed by atoms with van der Waals surface area (Å²) >= 11 is 3.08. The minimum atomic E-state index is -0.958. The van der Waals surface area contributed by atoms with E-state index in [0.29, 0.717) is 10.0 Å². The second-order valence-corrected chi connectivity index (χ2v) is 5.64. The van der Waals surface area contributed by atoms with E-state index in [4.69, 9.17) is 4.74 Å². The third kappa shape index (κ3) is 2.67. The number of halogens is 1.